The van der Waals surface area contributed by atoms with Gasteiger partial charge in [0.15, 0.2) is 5.58 Å². The van der Waals surface area contributed by atoms with Crippen LogP contribution >= 0.6 is 0 Å². The third-order valence-corrected chi connectivity index (χ3v) is 12.2. The molecule has 0 bridgehead atoms. The van der Waals surface area contributed by atoms with E-state index in [1.165, 1.54) is 92.2 Å². The van der Waals surface area contributed by atoms with Crippen LogP contribution in [-0.4, -0.2) is 0 Å². The van der Waals surface area contributed by atoms with Crippen molar-refractivity contribution >= 4 is 71.3 Å². The zero-order chi connectivity index (χ0) is 37.0. The number of para-hydroxylation sites is 3. The summed E-state index contributed by atoms with van der Waals surface area (Å²) in [4.78, 5) is 2.44. The molecule has 0 amide bonds. The fraction of sp³-hybridized carbons (Fsp3) is 0.111. The highest BCUT2D eigenvalue weighted by atomic mass is 16.3. The average molecular weight is 720 g/mol. The van der Waals surface area contributed by atoms with Gasteiger partial charge in [0.2, 0.25) is 0 Å². The van der Waals surface area contributed by atoms with Crippen molar-refractivity contribution in [1.29, 1.82) is 0 Å². The Bertz CT molecular complexity index is 3090. The summed E-state index contributed by atoms with van der Waals surface area (Å²) in [6.45, 7) is 0. The SMILES string of the molecule is c1cc(-c2cccc3c2ccc2ccccc23)cc(N(c2ccccc2-c2cccc3cccc(C4CCCCC4)c23)c2cccc3c2oc2ccccc23)c1. The van der Waals surface area contributed by atoms with Gasteiger partial charge in [-0.1, -0.05) is 171 Å². The van der Waals surface area contributed by atoms with Gasteiger partial charge in [-0.05, 0) is 104 Å². The predicted molar refractivity (Wildman–Crippen MR) is 238 cm³/mol. The number of benzene rings is 9. The van der Waals surface area contributed by atoms with Crippen LogP contribution in [-0.2, 0) is 0 Å². The highest BCUT2D eigenvalue weighted by Gasteiger charge is 2.25. The molecule has 10 aromatic rings. The minimum absolute atomic E-state index is 0.579. The van der Waals surface area contributed by atoms with E-state index in [1.54, 1.807) is 0 Å². The molecule has 0 unspecified atom stereocenters. The van der Waals surface area contributed by atoms with Gasteiger partial charge in [-0.15, -0.1) is 0 Å². The first kappa shape index (κ1) is 32.8. The molecule has 2 nitrogen and oxygen atoms in total. The third kappa shape index (κ3) is 5.39. The van der Waals surface area contributed by atoms with E-state index in [0.29, 0.717) is 5.92 Å². The van der Waals surface area contributed by atoms with E-state index in [1.807, 2.05) is 0 Å². The van der Waals surface area contributed by atoms with Crippen LogP contribution in [0.4, 0.5) is 17.1 Å². The van der Waals surface area contributed by atoms with Crippen LogP contribution < -0.4 is 4.90 Å². The molecule has 1 aliphatic rings. The van der Waals surface area contributed by atoms with Crippen molar-refractivity contribution in [2.75, 3.05) is 4.90 Å². The number of furan rings is 1. The van der Waals surface area contributed by atoms with Crippen molar-refractivity contribution in [2.24, 2.45) is 0 Å². The van der Waals surface area contributed by atoms with Crippen molar-refractivity contribution in [3.8, 4) is 22.3 Å². The summed E-state index contributed by atoms with van der Waals surface area (Å²) in [7, 11) is 0. The van der Waals surface area contributed by atoms with Crippen LogP contribution in [0.25, 0.3) is 76.5 Å². The molecule has 56 heavy (non-hydrogen) atoms. The Labute approximate surface area is 327 Å². The molecule has 1 aliphatic carbocycles. The summed E-state index contributed by atoms with van der Waals surface area (Å²) in [5, 5.41) is 9.98. The molecule has 11 rings (SSSR count). The monoisotopic (exact) mass is 719 g/mol. The zero-order valence-electron chi connectivity index (χ0n) is 31.3. The molecule has 1 aromatic heterocycles. The molecule has 2 heteroatoms. The van der Waals surface area contributed by atoms with Crippen LogP contribution in [0.2, 0.25) is 0 Å². The lowest BCUT2D eigenvalue weighted by molar-refractivity contribution is 0.445. The summed E-state index contributed by atoms with van der Waals surface area (Å²) in [5.74, 6) is 0.579. The lowest BCUT2D eigenvalue weighted by Crippen LogP contribution is -2.12. The van der Waals surface area contributed by atoms with E-state index in [-0.39, 0.29) is 0 Å². The second-order valence-corrected chi connectivity index (χ2v) is 15.4. The van der Waals surface area contributed by atoms with Gasteiger partial charge >= 0.3 is 0 Å². The van der Waals surface area contributed by atoms with E-state index < -0.39 is 0 Å². The topological polar surface area (TPSA) is 16.4 Å². The molecule has 1 heterocycles. The second-order valence-electron chi connectivity index (χ2n) is 15.4. The van der Waals surface area contributed by atoms with Crippen LogP contribution in [0.1, 0.15) is 43.6 Å². The van der Waals surface area contributed by atoms with Gasteiger partial charge in [-0.3, -0.25) is 0 Å². The van der Waals surface area contributed by atoms with E-state index in [0.717, 1.165) is 39.0 Å². The molecule has 0 radical (unpaired) electrons. The van der Waals surface area contributed by atoms with Gasteiger partial charge in [0.05, 0.1) is 11.4 Å². The van der Waals surface area contributed by atoms with E-state index in [2.05, 4.69) is 187 Å². The number of anilines is 3. The first-order chi connectivity index (χ1) is 27.8. The second kappa shape index (κ2) is 13.6. The Morgan fingerprint density at radius 3 is 2.02 bits per heavy atom. The van der Waals surface area contributed by atoms with Crippen LogP contribution in [0.15, 0.2) is 186 Å². The molecule has 0 atom stereocenters. The van der Waals surface area contributed by atoms with Gasteiger partial charge < -0.3 is 9.32 Å². The average Bonchev–Trinajstić information content (AvgIpc) is 3.66. The van der Waals surface area contributed by atoms with Gasteiger partial charge in [0, 0.05) is 22.0 Å². The van der Waals surface area contributed by atoms with Crippen LogP contribution in [0.5, 0.6) is 0 Å². The fourth-order valence-corrected chi connectivity index (χ4v) is 9.67. The van der Waals surface area contributed by atoms with Gasteiger partial charge in [-0.2, -0.15) is 0 Å². The van der Waals surface area contributed by atoms with E-state index in [4.69, 9.17) is 4.42 Å². The molecule has 0 aliphatic heterocycles. The summed E-state index contributed by atoms with van der Waals surface area (Å²) in [6.07, 6.45) is 6.46. The van der Waals surface area contributed by atoms with Crippen molar-refractivity contribution in [2.45, 2.75) is 38.0 Å². The Morgan fingerprint density at radius 1 is 0.429 bits per heavy atom. The molecule has 1 saturated carbocycles. The zero-order valence-corrected chi connectivity index (χ0v) is 31.3. The maximum Gasteiger partial charge on any atom is 0.159 e. The number of nitrogens with zero attached hydrogens (tertiary/aromatic N) is 1. The standard InChI is InChI=1S/C54H41NO/c1-2-15-36(16-3-1)43-26-11-18-38-19-12-28-48(53(38)43)46-23-6-8-30-50(46)55(51-31-14-29-49-47-24-7-9-32-52(47)56-54(49)51)40-21-10-20-39(35-40)42-25-13-27-44-41-22-5-4-17-37(41)33-34-45(42)44/h4-14,17-36H,1-3,15-16H2. The van der Waals surface area contributed by atoms with Crippen LogP contribution in [0, 0.1) is 0 Å². The molecule has 1 fully saturated rings. The fourth-order valence-electron chi connectivity index (χ4n) is 9.67. The predicted octanol–water partition coefficient (Wildman–Crippen LogP) is 15.9. The summed E-state index contributed by atoms with van der Waals surface area (Å²) in [5.41, 5.74) is 11.3. The first-order valence-electron chi connectivity index (χ1n) is 20.1. The summed E-state index contributed by atoms with van der Waals surface area (Å²) < 4.78 is 6.79. The highest BCUT2D eigenvalue weighted by molar-refractivity contribution is 6.13. The number of fused-ring (bicyclic) bond motifs is 7. The van der Waals surface area contributed by atoms with Gasteiger partial charge in [-0.25, -0.2) is 0 Å². The van der Waals surface area contributed by atoms with Crippen molar-refractivity contribution < 1.29 is 4.42 Å². The summed E-state index contributed by atoms with van der Waals surface area (Å²) in [6, 6.07) is 66.7. The molecule has 0 spiro atoms. The number of hydrogen-bond acceptors (Lipinski definition) is 2. The van der Waals surface area contributed by atoms with Gasteiger partial charge in [0.1, 0.15) is 5.58 Å². The molecule has 268 valence electrons. The van der Waals surface area contributed by atoms with Gasteiger partial charge in [0.25, 0.3) is 0 Å². The molecule has 0 N–H and O–H groups in total. The third-order valence-electron chi connectivity index (χ3n) is 12.2. The van der Waals surface area contributed by atoms with Crippen molar-refractivity contribution in [3.63, 3.8) is 0 Å². The maximum absolute atomic E-state index is 6.79. The highest BCUT2D eigenvalue weighted by Crippen LogP contribution is 2.48. The molecular formula is C54H41NO. The minimum atomic E-state index is 0.579. The number of hydrogen-bond donors (Lipinski definition) is 0. The van der Waals surface area contributed by atoms with Crippen molar-refractivity contribution in [3.05, 3.63) is 188 Å². The van der Waals surface area contributed by atoms with E-state index >= 15 is 0 Å². The lowest BCUT2D eigenvalue weighted by Gasteiger charge is -2.29. The Morgan fingerprint density at radius 2 is 1.09 bits per heavy atom. The smallest absolute Gasteiger partial charge is 0.159 e. The Hall–Kier alpha value is -6.64. The minimum Gasteiger partial charge on any atom is -0.454 e. The normalized spacial score (nSPS) is 13.6. The number of rotatable bonds is 6. The summed E-state index contributed by atoms with van der Waals surface area (Å²) >= 11 is 0. The van der Waals surface area contributed by atoms with Crippen molar-refractivity contribution in [1.82, 2.24) is 0 Å². The Balaban J connectivity index is 1.16. The van der Waals surface area contributed by atoms with Crippen LogP contribution in [0.3, 0.4) is 0 Å². The van der Waals surface area contributed by atoms with E-state index in [9.17, 15) is 0 Å². The molecular weight excluding hydrogens is 679 g/mol. The Kier molecular flexibility index (Phi) is 7.95. The quantitative estimate of drug-likeness (QED) is 0.159. The lowest BCUT2D eigenvalue weighted by atomic mass is 9.80. The maximum atomic E-state index is 6.79. The largest absolute Gasteiger partial charge is 0.454 e. The molecule has 9 aromatic carbocycles. The first-order valence-corrected chi connectivity index (χ1v) is 20.1. The molecule has 0 saturated heterocycles.